The highest BCUT2D eigenvalue weighted by Gasteiger charge is 2.28. The van der Waals surface area contributed by atoms with Gasteiger partial charge in [0.2, 0.25) is 5.91 Å². The van der Waals surface area contributed by atoms with Crippen LogP contribution in [0.5, 0.6) is 0 Å². The lowest BCUT2D eigenvalue weighted by molar-refractivity contribution is -0.131. The number of aromatic nitrogens is 3. The SMILES string of the molecule is CCn1c(C2CCN(C(=O)Cc3ccccc3Cl)CC2)nn(Cc2ccccc2)c1=O. The molecule has 1 fully saturated rings. The van der Waals surface area contributed by atoms with Crippen LogP contribution in [0.1, 0.15) is 42.6 Å². The number of likely N-dealkylation sites (tertiary alicyclic amines) is 1. The first-order valence-corrected chi connectivity index (χ1v) is 11.2. The first-order chi connectivity index (χ1) is 15.1. The van der Waals surface area contributed by atoms with Crippen LogP contribution in [0.4, 0.5) is 0 Å². The highest BCUT2D eigenvalue weighted by Crippen LogP contribution is 2.27. The fourth-order valence-electron chi connectivity index (χ4n) is 4.22. The lowest BCUT2D eigenvalue weighted by atomic mass is 9.95. The molecule has 0 atom stereocenters. The number of hydrogen-bond acceptors (Lipinski definition) is 3. The van der Waals surface area contributed by atoms with Crippen molar-refractivity contribution in [2.24, 2.45) is 0 Å². The monoisotopic (exact) mass is 438 g/mol. The summed E-state index contributed by atoms with van der Waals surface area (Å²) in [7, 11) is 0. The van der Waals surface area contributed by atoms with Crippen molar-refractivity contribution in [3.05, 3.63) is 87.1 Å². The molecule has 6 nitrogen and oxygen atoms in total. The Morgan fingerprint density at radius 3 is 2.42 bits per heavy atom. The van der Waals surface area contributed by atoms with Crippen molar-refractivity contribution in [1.82, 2.24) is 19.2 Å². The Balaban J connectivity index is 1.43. The number of piperidine rings is 1. The molecule has 162 valence electrons. The van der Waals surface area contributed by atoms with Gasteiger partial charge in [-0.05, 0) is 37.0 Å². The van der Waals surface area contributed by atoms with Crippen molar-refractivity contribution < 1.29 is 4.79 Å². The molecule has 0 unspecified atom stereocenters. The van der Waals surface area contributed by atoms with Gasteiger partial charge in [0.05, 0.1) is 13.0 Å². The molecule has 0 bridgehead atoms. The van der Waals surface area contributed by atoms with Crippen molar-refractivity contribution in [1.29, 1.82) is 0 Å². The van der Waals surface area contributed by atoms with Crippen LogP contribution >= 0.6 is 11.6 Å². The Labute approximate surface area is 187 Å². The summed E-state index contributed by atoms with van der Waals surface area (Å²) in [5.74, 6) is 1.10. The maximum Gasteiger partial charge on any atom is 0.346 e. The molecule has 0 aliphatic carbocycles. The van der Waals surface area contributed by atoms with Crippen LogP contribution < -0.4 is 5.69 Å². The highest BCUT2D eigenvalue weighted by molar-refractivity contribution is 6.31. The van der Waals surface area contributed by atoms with Gasteiger partial charge in [0.15, 0.2) is 0 Å². The van der Waals surface area contributed by atoms with Gasteiger partial charge >= 0.3 is 5.69 Å². The Kier molecular flexibility index (Phi) is 6.56. The van der Waals surface area contributed by atoms with Crippen LogP contribution in [0.25, 0.3) is 0 Å². The molecule has 0 spiro atoms. The number of nitrogens with zero attached hydrogens (tertiary/aromatic N) is 4. The van der Waals surface area contributed by atoms with E-state index in [4.69, 9.17) is 16.7 Å². The molecule has 1 saturated heterocycles. The molecule has 3 aromatic rings. The summed E-state index contributed by atoms with van der Waals surface area (Å²) in [6.07, 6.45) is 1.92. The minimum Gasteiger partial charge on any atom is -0.342 e. The highest BCUT2D eigenvalue weighted by atomic mass is 35.5. The number of rotatable bonds is 6. The van der Waals surface area contributed by atoms with Crippen LogP contribution in [0.15, 0.2) is 59.4 Å². The molecular formula is C24H27ClN4O2. The Bertz CT molecular complexity index is 1100. The summed E-state index contributed by atoms with van der Waals surface area (Å²) in [6.45, 7) is 4.36. The molecule has 7 heteroatoms. The van der Waals surface area contributed by atoms with E-state index >= 15 is 0 Å². The first-order valence-electron chi connectivity index (χ1n) is 10.8. The number of amides is 1. The van der Waals surface area contributed by atoms with Crippen LogP contribution in [-0.2, 0) is 24.3 Å². The third-order valence-electron chi connectivity index (χ3n) is 5.96. The van der Waals surface area contributed by atoms with Gasteiger partial charge in [-0.25, -0.2) is 9.48 Å². The summed E-state index contributed by atoms with van der Waals surface area (Å²) < 4.78 is 3.33. The normalized spacial score (nSPS) is 14.7. The molecule has 1 amide bonds. The topological polar surface area (TPSA) is 60.1 Å². The number of carbonyl (C=O) groups excluding carboxylic acids is 1. The maximum absolute atomic E-state index is 12.9. The average molecular weight is 439 g/mol. The van der Waals surface area contributed by atoms with Gasteiger partial charge < -0.3 is 4.90 Å². The van der Waals surface area contributed by atoms with Crippen LogP contribution in [-0.4, -0.2) is 38.2 Å². The van der Waals surface area contributed by atoms with Crippen molar-refractivity contribution in [3.63, 3.8) is 0 Å². The lowest BCUT2D eigenvalue weighted by Crippen LogP contribution is -2.39. The van der Waals surface area contributed by atoms with E-state index in [9.17, 15) is 9.59 Å². The minimum atomic E-state index is -0.0708. The van der Waals surface area contributed by atoms with Gasteiger partial charge in [0, 0.05) is 30.6 Å². The Hall–Kier alpha value is -2.86. The van der Waals surface area contributed by atoms with Crippen molar-refractivity contribution in [2.75, 3.05) is 13.1 Å². The van der Waals surface area contributed by atoms with E-state index in [-0.39, 0.29) is 17.5 Å². The van der Waals surface area contributed by atoms with Crippen LogP contribution in [0.2, 0.25) is 5.02 Å². The summed E-state index contributed by atoms with van der Waals surface area (Å²) in [4.78, 5) is 27.5. The summed E-state index contributed by atoms with van der Waals surface area (Å²) in [5, 5.41) is 5.32. The second-order valence-electron chi connectivity index (χ2n) is 7.95. The van der Waals surface area contributed by atoms with Crippen molar-refractivity contribution in [2.45, 2.75) is 45.2 Å². The van der Waals surface area contributed by atoms with Crippen LogP contribution in [0, 0.1) is 0 Å². The zero-order chi connectivity index (χ0) is 21.8. The third-order valence-corrected chi connectivity index (χ3v) is 6.32. The molecule has 0 radical (unpaired) electrons. The maximum atomic E-state index is 12.9. The van der Waals surface area contributed by atoms with E-state index in [1.165, 1.54) is 0 Å². The number of hydrogen-bond donors (Lipinski definition) is 0. The standard InChI is InChI=1S/C24H27ClN4O2/c1-2-28-23(26-29(24(28)31)17-18-8-4-3-5-9-18)19-12-14-27(15-13-19)22(30)16-20-10-6-7-11-21(20)25/h3-11,19H,2,12-17H2,1H3. The predicted molar refractivity (Wildman–Crippen MR) is 121 cm³/mol. The van der Waals surface area contributed by atoms with Gasteiger partial charge in [0.25, 0.3) is 0 Å². The molecule has 2 aromatic carbocycles. The minimum absolute atomic E-state index is 0.0708. The summed E-state index contributed by atoms with van der Waals surface area (Å²) >= 11 is 6.21. The molecule has 0 N–H and O–H groups in total. The molecule has 1 aliphatic rings. The summed E-state index contributed by atoms with van der Waals surface area (Å²) in [6, 6.07) is 17.4. The largest absolute Gasteiger partial charge is 0.346 e. The molecule has 31 heavy (non-hydrogen) atoms. The Morgan fingerprint density at radius 1 is 1.06 bits per heavy atom. The third kappa shape index (κ3) is 4.74. The molecule has 1 aliphatic heterocycles. The van der Waals surface area contributed by atoms with E-state index in [1.54, 1.807) is 9.25 Å². The van der Waals surface area contributed by atoms with Gasteiger partial charge in [-0.3, -0.25) is 9.36 Å². The van der Waals surface area contributed by atoms with Crippen molar-refractivity contribution >= 4 is 17.5 Å². The quantitative estimate of drug-likeness (QED) is 0.589. The molecule has 2 heterocycles. The van der Waals surface area contributed by atoms with Gasteiger partial charge in [-0.15, -0.1) is 0 Å². The average Bonchev–Trinajstić information content (AvgIpc) is 3.11. The van der Waals surface area contributed by atoms with E-state index in [1.807, 2.05) is 66.4 Å². The van der Waals surface area contributed by atoms with Gasteiger partial charge in [-0.1, -0.05) is 60.1 Å². The smallest absolute Gasteiger partial charge is 0.342 e. The second-order valence-corrected chi connectivity index (χ2v) is 8.36. The molecule has 4 rings (SSSR count). The van der Waals surface area contributed by atoms with E-state index in [0.29, 0.717) is 37.6 Å². The first kappa shape index (κ1) is 21.4. The summed E-state index contributed by atoms with van der Waals surface area (Å²) in [5.41, 5.74) is 1.84. The van der Waals surface area contributed by atoms with E-state index < -0.39 is 0 Å². The predicted octanol–water partition coefficient (Wildman–Crippen LogP) is 3.72. The number of carbonyl (C=O) groups is 1. The molecule has 0 saturated carbocycles. The number of halogens is 1. The van der Waals surface area contributed by atoms with E-state index in [0.717, 1.165) is 29.8 Å². The van der Waals surface area contributed by atoms with Gasteiger partial charge in [0.1, 0.15) is 5.82 Å². The van der Waals surface area contributed by atoms with E-state index in [2.05, 4.69) is 0 Å². The van der Waals surface area contributed by atoms with Gasteiger partial charge in [-0.2, -0.15) is 5.10 Å². The zero-order valence-electron chi connectivity index (χ0n) is 17.7. The fraction of sp³-hybridized carbons (Fsp3) is 0.375. The zero-order valence-corrected chi connectivity index (χ0v) is 18.5. The Morgan fingerprint density at radius 2 is 1.74 bits per heavy atom. The lowest BCUT2D eigenvalue weighted by Gasteiger charge is -2.31. The molecule has 1 aromatic heterocycles. The number of benzene rings is 2. The van der Waals surface area contributed by atoms with Crippen LogP contribution in [0.3, 0.4) is 0 Å². The fourth-order valence-corrected chi connectivity index (χ4v) is 4.42. The second kappa shape index (κ2) is 9.52. The molecular weight excluding hydrogens is 412 g/mol. The van der Waals surface area contributed by atoms with Crippen molar-refractivity contribution in [3.8, 4) is 0 Å².